The van der Waals surface area contributed by atoms with Crippen LogP contribution in [-0.2, 0) is 0 Å². The van der Waals surface area contributed by atoms with Crippen LogP contribution in [0.1, 0.15) is 29.5 Å². The standard InChI is InChI=1S/C18H15BrFN/c19-16-6-2-5-15-13-3-1-4-14(13)17(21-18(15)16)11-7-9-12(20)10-8-11/h1-3,5-10,13-14,17,21H,4H2. The summed E-state index contributed by atoms with van der Waals surface area (Å²) in [5.74, 6) is 0.753. The van der Waals surface area contributed by atoms with Crippen molar-refractivity contribution in [2.75, 3.05) is 5.32 Å². The lowest BCUT2D eigenvalue weighted by molar-refractivity contribution is 0.425. The highest BCUT2D eigenvalue weighted by atomic mass is 79.9. The molecule has 2 aliphatic rings. The first-order chi connectivity index (χ1) is 10.2. The Labute approximate surface area is 132 Å². The van der Waals surface area contributed by atoms with Gasteiger partial charge in [-0.15, -0.1) is 0 Å². The molecule has 1 nitrogen and oxygen atoms in total. The molecule has 3 unspecified atom stereocenters. The van der Waals surface area contributed by atoms with Gasteiger partial charge in [0, 0.05) is 10.4 Å². The van der Waals surface area contributed by atoms with Crippen LogP contribution in [0.25, 0.3) is 0 Å². The monoisotopic (exact) mass is 343 g/mol. The molecule has 3 heteroatoms. The lowest BCUT2D eigenvalue weighted by atomic mass is 9.77. The Hall–Kier alpha value is -1.61. The molecule has 3 atom stereocenters. The topological polar surface area (TPSA) is 12.0 Å². The van der Waals surface area contributed by atoms with Crippen molar-refractivity contribution in [1.29, 1.82) is 0 Å². The summed E-state index contributed by atoms with van der Waals surface area (Å²) in [5.41, 5.74) is 3.66. The van der Waals surface area contributed by atoms with Crippen molar-refractivity contribution >= 4 is 21.6 Å². The van der Waals surface area contributed by atoms with Crippen molar-refractivity contribution in [2.45, 2.75) is 18.4 Å². The molecular formula is C18H15BrFN. The Morgan fingerprint density at radius 3 is 2.71 bits per heavy atom. The molecule has 1 aliphatic heterocycles. The van der Waals surface area contributed by atoms with Crippen molar-refractivity contribution in [3.63, 3.8) is 0 Å². The van der Waals surface area contributed by atoms with E-state index in [1.54, 1.807) is 12.1 Å². The molecule has 1 heterocycles. The summed E-state index contributed by atoms with van der Waals surface area (Å²) in [6.45, 7) is 0. The van der Waals surface area contributed by atoms with Crippen molar-refractivity contribution in [3.05, 3.63) is 76.0 Å². The number of benzene rings is 2. The third-order valence-corrected chi connectivity index (χ3v) is 5.24. The molecule has 0 amide bonds. The van der Waals surface area contributed by atoms with Gasteiger partial charge in [0.2, 0.25) is 0 Å². The van der Waals surface area contributed by atoms with Crippen LogP contribution < -0.4 is 5.32 Å². The number of allylic oxidation sites excluding steroid dienone is 2. The van der Waals surface area contributed by atoms with Crippen molar-refractivity contribution < 1.29 is 4.39 Å². The maximum absolute atomic E-state index is 13.2. The van der Waals surface area contributed by atoms with Crippen LogP contribution >= 0.6 is 15.9 Å². The number of hydrogen-bond donors (Lipinski definition) is 1. The summed E-state index contributed by atoms with van der Waals surface area (Å²) in [4.78, 5) is 0. The molecule has 21 heavy (non-hydrogen) atoms. The van der Waals surface area contributed by atoms with Gasteiger partial charge in [-0.25, -0.2) is 4.39 Å². The third-order valence-electron chi connectivity index (χ3n) is 4.58. The zero-order valence-corrected chi connectivity index (χ0v) is 13.0. The molecule has 0 aromatic heterocycles. The van der Waals surface area contributed by atoms with E-state index in [9.17, 15) is 4.39 Å². The predicted molar refractivity (Wildman–Crippen MR) is 86.9 cm³/mol. The largest absolute Gasteiger partial charge is 0.377 e. The van der Waals surface area contributed by atoms with E-state index >= 15 is 0 Å². The number of anilines is 1. The van der Waals surface area contributed by atoms with Crippen LogP contribution in [0.2, 0.25) is 0 Å². The van der Waals surface area contributed by atoms with Gasteiger partial charge in [0.15, 0.2) is 0 Å². The highest BCUT2D eigenvalue weighted by Gasteiger charge is 2.38. The molecule has 2 aromatic rings. The Balaban J connectivity index is 1.81. The fraction of sp³-hybridized carbons (Fsp3) is 0.222. The molecule has 2 aromatic carbocycles. The van der Waals surface area contributed by atoms with Crippen LogP contribution in [0.15, 0.2) is 59.1 Å². The molecule has 106 valence electrons. The highest BCUT2D eigenvalue weighted by Crippen LogP contribution is 2.51. The van der Waals surface area contributed by atoms with Gasteiger partial charge in [0.25, 0.3) is 0 Å². The minimum absolute atomic E-state index is 0.183. The number of nitrogens with one attached hydrogen (secondary N) is 1. The van der Waals surface area contributed by atoms with E-state index in [0.29, 0.717) is 11.8 Å². The molecule has 1 aliphatic carbocycles. The fourth-order valence-electron chi connectivity index (χ4n) is 3.58. The SMILES string of the molecule is Fc1ccc(C2Nc3c(Br)cccc3C3C=CCC32)cc1. The third kappa shape index (κ3) is 2.11. The number of hydrogen-bond acceptors (Lipinski definition) is 1. The van der Waals surface area contributed by atoms with Crippen molar-refractivity contribution in [1.82, 2.24) is 0 Å². The summed E-state index contributed by atoms with van der Waals surface area (Å²) >= 11 is 3.64. The van der Waals surface area contributed by atoms with Crippen molar-refractivity contribution in [3.8, 4) is 0 Å². The summed E-state index contributed by atoms with van der Waals surface area (Å²) in [6.07, 6.45) is 5.64. The van der Waals surface area contributed by atoms with Gasteiger partial charge < -0.3 is 5.32 Å². The second kappa shape index (κ2) is 4.99. The van der Waals surface area contributed by atoms with E-state index in [-0.39, 0.29) is 11.9 Å². The minimum Gasteiger partial charge on any atom is -0.377 e. The second-order valence-corrected chi connectivity index (χ2v) is 6.59. The molecular weight excluding hydrogens is 329 g/mol. The second-order valence-electron chi connectivity index (χ2n) is 5.73. The van der Waals surface area contributed by atoms with E-state index in [2.05, 4.69) is 51.6 Å². The van der Waals surface area contributed by atoms with Gasteiger partial charge in [-0.3, -0.25) is 0 Å². The predicted octanol–water partition coefficient (Wildman–Crippen LogP) is 5.41. The molecule has 1 N–H and O–H groups in total. The first kappa shape index (κ1) is 13.1. The quantitative estimate of drug-likeness (QED) is 0.682. The molecule has 0 fully saturated rings. The number of para-hydroxylation sites is 1. The highest BCUT2D eigenvalue weighted by molar-refractivity contribution is 9.10. The Morgan fingerprint density at radius 2 is 1.90 bits per heavy atom. The van der Waals surface area contributed by atoms with Gasteiger partial charge in [0.1, 0.15) is 5.82 Å². The zero-order chi connectivity index (χ0) is 14.4. The van der Waals surface area contributed by atoms with E-state index in [1.165, 1.54) is 11.3 Å². The Bertz CT molecular complexity index is 708. The zero-order valence-electron chi connectivity index (χ0n) is 11.4. The van der Waals surface area contributed by atoms with Gasteiger partial charge in [-0.2, -0.15) is 0 Å². The van der Waals surface area contributed by atoms with Gasteiger partial charge in [-0.05, 0) is 57.6 Å². The summed E-state index contributed by atoms with van der Waals surface area (Å²) < 4.78 is 14.3. The van der Waals surface area contributed by atoms with E-state index in [1.807, 2.05) is 12.1 Å². The molecule has 0 spiro atoms. The first-order valence-electron chi connectivity index (χ1n) is 7.21. The summed E-state index contributed by atoms with van der Waals surface area (Å²) in [7, 11) is 0. The van der Waals surface area contributed by atoms with Crippen LogP contribution in [-0.4, -0.2) is 0 Å². The van der Waals surface area contributed by atoms with Crippen LogP contribution in [0, 0.1) is 11.7 Å². The Morgan fingerprint density at radius 1 is 1.10 bits per heavy atom. The average Bonchev–Trinajstić information content (AvgIpc) is 2.98. The maximum atomic E-state index is 13.2. The molecule has 0 saturated carbocycles. The smallest absolute Gasteiger partial charge is 0.123 e. The van der Waals surface area contributed by atoms with Gasteiger partial charge in [0.05, 0.1) is 11.7 Å². The normalized spacial score (nSPS) is 26.1. The molecule has 4 rings (SSSR count). The van der Waals surface area contributed by atoms with Gasteiger partial charge >= 0.3 is 0 Å². The molecule has 0 saturated heterocycles. The fourth-order valence-corrected chi connectivity index (χ4v) is 4.08. The molecule has 0 bridgehead atoms. The van der Waals surface area contributed by atoms with Crippen molar-refractivity contribution in [2.24, 2.45) is 5.92 Å². The summed E-state index contributed by atoms with van der Waals surface area (Å²) in [5, 5.41) is 3.66. The minimum atomic E-state index is -0.183. The number of fused-ring (bicyclic) bond motifs is 3. The van der Waals surface area contributed by atoms with Crippen LogP contribution in [0.3, 0.4) is 0 Å². The first-order valence-corrected chi connectivity index (χ1v) is 8.00. The summed E-state index contributed by atoms with van der Waals surface area (Å²) in [6, 6.07) is 13.4. The van der Waals surface area contributed by atoms with Crippen LogP contribution in [0.4, 0.5) is 10.1 Å². The van der Waals surface area contributed by atoms with E-state index < -0.39 is 0 Å². The molecule has 0 radical (unpaired) electrons. The Kier molecular flexibility index (Phi) is 3.11. The number of rotatable bonds is 1. The van der Waals surface area contributed by atoms with Crippen LogP contribution in [0.5, 0.6) is 0 Å². The lowest BCUT2D eigenvalue weighted by Gasteiger charge is -2.38. The maximum Gasteiger partial charge on any atom is 0.123 e. The number of halogens is 2. The van der Waals surface area contributed by atoms with E-state index in [0.717, 1.165) is 16.5 Å². The van der Waals surface area contributed by atoms with E-state index in [4.69, 9.17) is 0 Å². The van der Waals surface area contributed by atoms with Gasteiger partial charge in [-0.1, -0.05) is 36.4 Å². The average molecular weight is 344 g/mol. The lowest BCUT2D eigenvalue weighted by Crippen LogP contribution is -2.29.